The molecule has 1 aromatic rings. The van der Waals surface area contributed by atoms with Crippen molar-refractivity contribution in [3.8, 4) is 0 Å². The van der Waals surface area contributed by atoms with Gasteiger partial charge in [-0.05, 0) is 37.9 Å². The van der Waals surface area contributed by atoms with Crippen LogP contribution in [0.5, 0.6) is 0 Å². The van der Waals surface area contributed by atoms with Gasteiger partial charge in [-0.2, -0.15) is 0 Å². The Morgan fingerprint density at radius 2 is 1.91 bits per heavy atom. The molecule has 0 aromatic heterocycles. The van der Waals surface area contributed by atoms with Gasteiger partial charge in [0.2, 0.25) is 5.91 Å². The molecule has 1 aliphatic carbocycles. The number of benzene rings is 1. The van der Waals surface area contributed by atoms with Crippen LogP contribution in [0.4, 0.5) is 0 Å². The monoisotopic (exact) mass is 347 g/mol. The molecule has 0 saturated heterocycles. The van der Waals surface area contributed by atoms with Crippen molar-refractivity contribution in [2.45, 2.75) is 31.8 Å². The Kier molecular flexibility index (Phi) is 9.69. The number of amides is 1. The highest BCUT2D eigenvalue weighted by Gasteiger charge is 2.33. The molecule has 3 N–H and O–H groups in total. The summed E-state index contributed by atoms with van der Waals surface area (Å²) >= 11 is 0. The second-order valence-corrected chi connectivity index (χ2v) is 5.57. The lowest BCUT2D eigenvalue weighted by Crippen LogP contribution is -2.47. The number of carbonyl (C=O) groups is 1. The number of nitrogens with two attached hydrogens (primary N) is 1. The summed E-state index contributed by atoms with van der Waals surface area (Å²) in [6.07, 6.45) is 2.36. The summed E-state index contributed by atoms with van der Waals surface area (Å²) in [4.78, 5) is 14.7. The lowest BCUT2D eigenvalue weighted by Gasteiger charge is -2.28. The average Bonchev–Trinajstić information content (AvgIpc) is 3.30. The Labute approximate surface area is 145 Å². The molecule has 1 fully saturated rings. The number of hydrogen-bond acceptors (Lipinski definition) is 3. The van der Waals surface area contributed by atoms with E-state index in [9.17, 15) is 4.79 Å². The van der Waals surface area contributed by atoms with Crippen LogP contribution in [-0.4, -0.2) is 37.0 Å². The molecule has 0 aliphatic heterocycles. The molecule has 1 saturated carbocycles. The summed E-state index contributed by atoms with van der Waals surface area (Å²) in [5.74, 6) is 0.634. The topological polar surface area (TPSA) is 58.4 Å². The van der Waals surface area contributed by atoms with E-state index in [2.05, 4.69) is 17.1 Å². The molecule has 4 nitrogen and oxygen atoms in total. The third-order valence-electron chi connectivity index (χ3n) is 4.08. The van der Waals surface area contributed by atoms with E-state index in [0.717, 1.165) is 12.1 Å². The zero-order chi connectivity index (χ0) is 14.5. The number of hydrogen-bond donors (Lipinski definition) is 2. The first kappa shape index (κ1) is 21.2. The van der Waals surface area contributed by atoms with Crippen molar-refractivity contribution in [2.24, 2.45) is 11.7 Å². The van der Waals surface area contributed by atoms with E-state index in [1.165, 1.54) is 12.8 Å². The van der Waals surface area contributed by atoms with Gasteiger partial charge in [0.05, 0.1) is 0 Å². The van der Waals surface area contributed by atoms with Crippen molar-refractivity contribution >= 4 is 30.7 Å². The van der Waals surface area contributed by atoms with Gasteiger partial charge in [0.1, 0.15) is 6.04 Å². The fourth-order valence-corrected chi connectivity index (χ4v) is 2.55. The maximum absolute atomic E-state index is 12.6. The third kappa shape index (κ3) is 5.43. The van der Waals surface area contributed by atoms with E-state index in [4.69, 9.17) is 5.73 Å². The Morgan fingerprint density at radius 1 is 1.32 bits per heavy atom. The summed E-state index contributed by atoms with van der Waals surface area (Å²) in [5.41, 5.74) is 6.81. The minimum atomic E-state index is -0.242. The maximum atomic E-state index is 12.6. The van der Waals surface area contributed by atoms with Crippen LogP contribution in [0, 0.1) is 5.92 Å². The number of carbonyl (C=O) groups excluding carboxylic acids is 1. The summed E-state index contributed by atoms with van der Waals surface area (Å²) < 4.78 is 0. The third-order valence-corrected chi connectivity index (χ3v) is 4.08. The Morgan fingerprint density at radius 3 is 2.36 bits per heavy atom. The van der Waals surface area contributed by atoms with E-state index in [1.807, 2.05) is 37.4 Å². The second-order valence-electron chi connectivity index (χ2n) is 5.57. The molecule has 0 spiro atoms. The Hall–Kier alpha value is -0.810. The van der Waals surface area contributed by atoms with Crippen molar-refractivity contribution in [3.05, 3.63) is 35.9 Å². The number of nitrogens with zero attached hydrogens (tertiary/aromatic N) is 1. The molecule has 1 aliphatic rings. The summed E-state index contributed by atoms with van der Waals surface area (Å²) in [7, 11) is 1.98. The molecule has 0 heterocycles. The molecular weight excluding hydrogens is 321 g/mol. The summed E-state index contributed by atoms with van der Waals surface area (Å²) in [6, 6.07) is 9.81. The van der Waals surface area contributed by atoms with Gasteiger partial charge >= 0.3 is 0 Å². The van der Waals surface area contributed by atoms with Crippen LogP contribution in [0.2, 0.25) is 0 Å². The van der Waals surface area contributed by atoms with Crippen LogP contribution in [0.3, 0.4) is 0 Å². The van der Waals surface area contributed by atoms with Crippen molar-refractivity contribution in [2.75, 3.05) is 20.1 Å². The van der Waals surface area contributed by atoms with Gasteiger partial charge in [-0.1, -0.05) is 37.3 Å². The number of halogens is 2. The molecule has 0 radical (unpaired) electrons. The average molecular weight is 348 g/mol. The van der Waals surface area contributed by atoms with E-state index in [1.54, 1.807) is 0 Å². The first-order chi connectivity index (χ1) is 9.67. The van der Waals surface area contributed by atoms with E-state index < -0.39 is 0 Å². The Bertz CT molecular complexity index is 440. The lowest BCUT2D eigenvalue weighted by molar-refractivity contribution is -0.127. The fourth-order valence-electron chi connectivity index (χ4n) is 2.55. The molecule has 1 amide bonds. The second kappa shape index (κ2) is 10.1. The fraction of sp³-hybridized carbons (Fsp3) is 0.562. The van der Waals surface area contributed by atoms with Gasteiger partial charge in [-0.25, -0.2) is 0 Å². The molecule has 1 aromatic carbocycles. The molecule has 22 heavy (non-hydrogen) atoms. The number of likely N-dealkylation sites (N-methyl/N-ethyl adjacent to an activating group) is 1. The van der Waals surface area contributed by atoms with Crippen molar-refractivity contribution in [3.63, 3.8) is 0 Å². The van der Waals surface area contributed by atoms with Gasteiger partial charge in [0.15, 0.2) is 0 Å². The SMILES string of the molecule is CCN(C)C(C(=O)NC(CN)C1CC1)c1ccccc1.Cl.Cl. The molecule has 2 rings (SSSR count). The molecule has 0 bridgehead atoms. The van der Waals surface area contributed by atoms with Crippen LogP contribution in [-0.2, 0) is 4.79 Å². The minimum Gasteiger partial charge on any atom is -0.350 e. The van der Waals surface area contributed by atoms with E-state index >= 15 is 0 Å². The highest BCUT2D eigenvalue weighted by molar-refractivity contribution is 5.85. The van der Waals surface area contributed by atoms with Crippen LogP contribution in [0.25, 0.3) is 0 Å². The molecule has 126 valence electrons. The Balaban J connectivity index is 0.00000220. The first-order valence-corrected chi connectivity index (χ1v) is 7.43. The van der Waals surface area contributed by atoms with Gasteiger partial charge in [0, 0.05) is 12.6 Å². The molecule has 6 heteroatoms. The van der Waals surface area contributed by atoms with Gasteiger partial charge < -0.3 is 11.1 Å². The first-order valence-electron chi connectivity index (χ1n) is 7.43. The molecule has 2 atom stereocenters. The van der Waals surface area contributed by atoms with Crippen LogP contribution in [0.15, 0.2) is 30.3 Å². The summed E-state index contributed by atoms with van der Waals surface area (Å²) in [5, 5.41) is 3.14. The zero-order valence-electron chi connectivity index (χ0n) is 13.2. The largest absolute Gasteiger partial charge is 0.350 e. The van der Waals surface area contributed by atoms with Gasteiger partial charge in [-0.3, -0.25) is 9.69 Å². The summed E-state index contributed by atoms with van der Waals surface area (Å²) in [6.45, 7) is 3.40. The van der Waals surface area contributed by atoms with Gasteiger partial charge in [-0.15, -0.1) is 24.8 Å². The zero-order valence-corrected chi connectivity index (χ0v) is 14.8. The highest BCUT2D eigenvalue weighted by Crippen LogP contribution is 2.32. The maximum Gasteiger partial charge on any atom is 0.242 e. The van der Waals surface area contributed by atoms with Crippen LogP contribution < -0.4 is 11.1 Å². The normalized spacial score (nSPS) is 16.2. The smallest absolute Gasteiger partial charge is 0.242 e. The molecule has 2 unspecified atom stereocenters. The number of rotatable bonds is 7. The predicted octanol–water partition coefficient (Wildman–Crippen LogP) is 2.38. The van der Waals surface area contributed by atoms with Crippen molar-refractivity contribution in [1.29, 1.82) is 0 Å². The van der Waals surface area contributed by atoms with Crippen molar-refractivity contribution in [1.82, 2.24) is 10.2 Å². The minimum absolute atomic E-state index is 0. The van der Waals surface area contributed by atoms with Crippen LogP contribution in [0.1, 0.15) is 31.4 Å². The van der Waals surface area contributed by atoms with E-state index in [0.29, 0.717) is 12.5 Å². The highest BCUT2D eigenvalue weighted by atomic mass is 35.5. The lowest BCUT2D eigenvalue weighted by atomic mass is 10.0. The quantitative estimate of drug-likeness (QED) is 0.795. The standard InChI is InChI=1S/C16H25N3O.2ClH/c1-3-19(2)15(13-7-5-4-6-8-13)16(20)18-14(11-17)12-9-10-12;;/h4-8,12,14-15H,3,9-11,17H2,1-2H3,(H,18,20);2*1H. The molecular formula is C16H27Cl2N3O. The van der Waals surface area contributed by atoms with Gasteiger partial charge in [0.25, 0.3) is 0 Å². The van der Waals surface area contributed by atoms with Crippen molar-refractivity contribution < 1.29 is 4.79 Å². The number of nitrogens with one attached hydrogen (secondary N) is 1. The van der Waals surface area contributed by atoms with E-state index in [-0.39, 0.29) is 42.8 Å². The van der Waals surface area contributed by atoms with Crippen LogP contribution >= 0.6 is 24.8 Å². The predicted molar refractivity (Wildman–Crippen MR) is 95.7 cm³/mol.